The Morgan fingerprint density at radius 2 is 1.59 bits per heavy atom. The summed E-state index contributed by atoms with van der Waals surface area (Å²) in [6.07, 6.45) is -6.74. The smallest absolute Gasteiger partial charge is 0.229 e. The Hall–Kier alpha value is -3.75. The Labute approximate surface area is 209 Å². The molecule has 1 aliphatic rings. The van der Waals surface area contributed by atoms with Crippen molar-refractivity contribution in [2.24, 2.45) is 0 Å². The highest BCUT2D eigenvalue weighted by Crippen LogP contribution is 2.44. The van der Waals surface area contributed by atoms with Crippen LogP contribution in [0.2, 0.25) is 0 Å². The number of methoxy groups -OCH3 is 3. The fourth-order valence-corrected chi connectivity index (χ4v) is 4.10. The van der Waals surface area contributed by atoms with Gasteiger partial charge in [-0.15, -0.1) is 0 Å². The Morgan fingerprint density at radius 1 is 0.892 bits per heavy atom. The second-order valence-electron chi connectivity index (χ2n) is 8.15. The molecule has 13 nitrogen and oxygen atoms in total. The highest BCUT2D eigenvalue weighted by molar-refractivity contribution is 5.91. The fourth-order valence-electron chi connectivity index (χ4n) is 4.10. The lowest BCUT2D eigenvalue weighted by Crippen LogP contribution is -2.60. The van der Waals surface area contributed by atoms with Crippen LogP contribution in [-0.4, -0.2) is 89.3 Å². The maximum atomic E-state index is 13.4. The summed E-state index contributed by atoms with van der Waals surface area (Å²) < 4.78 is 32.0. The number of benzene rings is 2. The predicted molar refractivity (Wildman–Crippen MR) is 125 cm³/mol. The van der Waals surface area contributed by atoms with Crippen LogP contribution in [0.5, 0.6) is 34.5 Å². The van der Waals surface area contributed by atoms with Gasteiger partial charge in [0.1, 0.15) is 41.6 Å². The lowest BCUT2D eigenvalue weighted by Gasteiger charge is -2.39. The average molecular weight is 522 g/mol. The first-order chi connectivity index (χ1) is 17.7. The third-order valence-electron chi connectivity index (χ3n) is 6.03. The van der Waals surface area contributed by atoms with Crippen molar-refractivity contribution < 1.29 is 58.7 Å². The van der Waals surface area contributed by atoms with Crippen LogP contribution in [0.1, 0.15) is 0 Å². The van der Waals surface area contributed by atoms with Crippen LogP contribution in [0.25, 0.3) is 22.1 Å². The molecule has 1 saturated heterocycles. The number of aliphatic hydroxyl groups excluding tert-OH is 4. The van der Waals surface area contributed by atoms with Crippen LogP contribution in [-0.2, 0) is 4.74 Å². The van der Waals surface area contributed by atoms with E-state index in [0.717, 1.165) is 6.26 Å². The minimum atomic E-state index is -1.73. The number of phenolic OH excluding ortho intramolecular Hbond substituents is 2. The van der Waals surface area contributed by atoms with Gasteiger partial charge < -0.3 is 58.7 Å². The maximum Gasteiger partial charge on any atom is 0.229 e. The molecule has 1 aliphatic heterocycles. The molecule has 6 N–H and O–H groups in total. The van der Waals surface area contributed by atoms with Crippen molar-refractivity contribution in [1.29, 1.82) is 0 Å². The number of rotatable bonds is 7. The van der Waals surface area contributed by atoms with E-state index >= 15 is 0 Å². The summed E-state index contributed by atoms with van der Waals surface area (Å²) in [5.41, 5.74) is -0.617. The molecule has 2 aromatic carbocycles. The van der Waals surface area contributed by atoms with Gasteiger partial charge in [-0.05, 0) is 17.7 Å². The molecule has 0 bridgehead atoms. The van der Waals surface area contributed by atoms with Gasteiger partial charge in [0.25, 0.3) is 0 Å². The van der Waals surface area contributed by atoms with Crippen molar-refractivity contribution in [3.63, 3.8) is 0 Å². The zero-order valence-corrected chi connectivity index (χ0v) is 19.9. The largest absolute Gasteiger partial charge is 0.504 e. The van der Waals surface area contributed by atoms with Crippen molar-refractivity contribution in [3.05, 3.63) is 34.7 Å². The summed E-state index contributed by atoms with van der Waals surface area (Å²) in [7, 11) is 3.90. The van der Waals surface area contributed by atoms with Gasteiger partial charge in [-0.25, -0.2) is 0 Å². The Bertz CT molecular complexity index is 1350. The summed E-state index contributed by atoms with van der Waals surface area (Å²) in [5.74, 6) is -1.26. The van der Waals surface area contributed by atoms with E-state index in [1.54, 1.807) is 0 Å². The lowest BCUT2D eigenvalue weighted by molar-refractivity contribution is -0.277. The molecule has 2 heterocycles. The number of hydrogen-bond donors (Lipinski definition) is 6. The van der Waals surface area contributed by atoms with Gasteiger partial charge in [-0.1, -0.05) is 0 Å². The molecule has 0 aliphatic carbocycles. The van der Waals surface area contributed by atoms with Crippen molar-refractivity contribution in [2.75, 3.05) is 27.9 Å². The monoisotopic (exact) mass is 522 g/mol. The third kappa shape index (κ3) is 4.47. The molecule has 0 spiro atoms. The summed E-state index contributed by atoms with van der Waals surface area (Å²) in [4.78, 5) is 13.4. The van der Waals surface area contributed by atoms with Crippen molar-refractivity contribution >= 4 is 11.0 Å². The second kappa shape index (κ2) is 10.3. The van der Waals surface area contributed by atoms with E-state index in [2.05, 4.69) is 0 Å². The molecule has 0 radical (unpaired) electrons. The Balaban J connectivity index is 1.80. The molecule has 200 valence electrons. The molecule has 0 unspecified atom stereocenters. The first-order valence-electron chi connectivity index (χ1n) is 10.9. The summed E-state index contributed by atoms with van der Waals surface area (Å²) in [5, 5.41) is 60.6. The van der Waals surface area contributed by atoms with Gasteiger partial charge in [0.15, 0.2) is 23.0 Å². The average Bonchev–Trinajstić information content (AvgIpc) is 2.88. The van der Waals surface area contributed by atoms with E-state index < -0.39 is 48.5 Å². The van der Waals surface area contributed by atoms with Crippen LogP contribution in [0, 0.1) is 0 Å². The number of ether oxygens (including phenoxy) is 5. The van der Waals surface area contributed by atoms with E-state index in [4.69, 9.17) is 28.1 Å². The van der Waals surface area contributed by atoms with Crippen LogP contribution in [0.3, 0.4) is 0 Å². The van der Waals surface area contributed by atoms with E-state index in [1.165, 1.54) is 39.5 Å². The van der Waals surface area contributed by atoms with Gasteiger partial charge in [-0.2, -0.15) is 0 Å². The zero-order valence-electron chi connectivity index (χ0n) is 19.9. The first kappa shape index (κ1) is 26.3. The topological polar surface area (TPSA) is 198 Å². The highest BCUT2D eigenvalue weighted by Gasteiger charge is 2.45. The van der Waals surface area contributed by atoms with Gasteiger partial charge in [-0.3, -0.25) is 4.79 Å². The lowest BCUT2D eigenvalue weighted by atomic mass is 9.99. The van der Waals surface area contributed by atoms with Gasteiger partial charge in [0.2, 0.25) is 23.2 Å². The molecular formula is C24H26O13. The quantitative estimate of drug-likeness (QED) is 0.244. The predicted octanol–water partition coefficient (Wildman–Crippen LogP) is 0.0757. The van der Waals surface area contributed by atoms with E-state index in [0.29, 0.717) is 0 Å². The number of aromatic hydroxyl groups is 2. The minimum absolute atomic E-state index is 0.0243. The summed E-state index contributed by atoms with van der Waals surface area (Å²) in [6.45, 7) is -0.672. The van der Waals surface area contributed by atoms with E-state index in [1.807, 2.05) is 0 Å². The Morgan fingerprint density at radius 3 is 2.22 bits per heavy atom. The van der Waals surface area contributed by atoms with E-state index in [9.17, 15) is 35.4 Å². The molecular weight excluding hydrogens is 496 g/mol. The standard InChI is InChI=1S/C24H26O13/c1-32-13-5-9(4-11(26)22(13)33-2)10-8-35-12-6-14(23(34-3)19(29)16(12)17(10)27)36-24-21(31)20(30)18(28)15(7-25)37-24/h4-6,8,15,18,20-21,24-26,28-31H,7H2,1-3H3/t15-,18+,20-,21-,24+/m0/s1. The molecule has 0 amide bonds. The molecule has 4 rings (SSSR count). The fraction of sp³-hybridized carbons (Fsp3) is 0.375. The van der Waals surface area contributed by atoms with Crippen molar-refractivity contribution in [1.82, 2.24) is 0 Å². The van der Waals surface area contributed by atoms with Crippen LogP contribution < -0.4 is 24.4 Å². The molecule has 1 aromatic heterocycles. The molecule has 37 heavy (non-hydrogen) atoms. The van der Waals surface area contributed by atoms with Crippen LogP contribution >= 0.6 is 0 Å². The van der Waals surface area contributed by atoms with Crippen LogP contribution in [0.4, 0.5) is 0 Å². The first-order valence-corrected chi connectivity index (χ1v) is 10.9. The number of aliphatic hydroxyl groups is 4. The minimum Gasteiger partial charge on any atom is -0.504 e. The van der Waals surface area contributed by atoms with Gasteiger partial charge in [0.05, 0.1) is 33.5 Å². The van der Waals surface area contributed by atoms with Gasteiger partial charge in [0, 0.05) is 6.07 Å². The number of fused-ring (bicyclic) bond motifs is 1. The third-order valence-corrected chi connectivity index (χ3v) is 6.03. The number of hydrogen-bond acceptors (Lipinski definition) is 13. The molecule has 1 fully saturated rings. The van der Waals surface area contributed by atoms with Crippen LogP contribution in [0.15, 0.2) is 33.7 Å². The molecule has 3 aromatic rings. The number of phenols is 2. The highest BCUT2D eigenvalue weighted by atomic mass is 16.7. The summed E-state index contributed by atoms with van der Waals surface area (Å²) in [6, 6.07) is 3.92. The molecule has 5 atom stereocenters. The zero-order chi connectivity index (χ0) is 27.0. The molecule has 13 heteroatoms. The maximum absolute atomic E-state index is 13.4. The van der Waals surface area contributed by atoms with Gasteiger partial charge >= 0.3 is 0 Å². The summed E-state index contributed by atoms with van der Waals surface area (Å²) >= 11 is 0. The van der Waals surface area contributed by atoms with Crippen molar-refractivity contribution in [2.45, 2.75) is 30.7 Å². The second-order valence-corrected chi connectivity index (χ2v) is 8.15. The SMILES string of the molecule is COc1cc(-c2coc3cc(O[C@@H]4O[C@@H](CO)[C@@H](O)[C@H](O)[C@@H]4O)c(OC)c(O)c3c2=O)cc(O)c1OC. The van der Waals surface area contributed by atoms with Crippen molar-refractivity contribution in [3.8, 4) is 45.6 Å². The Kier molecular flexibility index (Phi) is 7.34. The molecule has 0 saturated carbocycles. The normalized spacial score (nSPS) is 23.6. The van der Waals surface area contributed by atoms with E-state index in [-0.39, 0.29) is 50.8 Å².